The molecule has 8 nitrogen and oxygen atoms in total. The van der Waals surface area contributed by atoms with Crippen molar-refractivity contribution >= 4 is 40.8 Å². The quantitative estimate of drug-likeness (QED) is 0.602. The molecule has 1 aliphatic heterocycles. The highest BCUT2D eigenvalue weighted by Gasteiger charge is 2.33. The van der Waals surface area contributed by atoms with Gasteiger partial charge in [0.05, 0.1) is 6.20 Å². The number of piperidine rings is 1. The molecule has 3 aromatic rings. The highest BCUT2D eigenvalue weighted by Crippen LogP contribution is 2.34. The molecular formula is C15H17BClN5O3S. The van der Waals surface area contributed by atoms with Crippen molar-refractivity contribution in [1.82, 2.24) is 23.9 Å². The van der Waals surface area contributed by atoms with E-state index in [0.29, 0.717) is 48.2 Å². The van der Waals surface area contributed by atoms with E-state index in [1.165, 1.54) is 10.5 Å². The summed E-state index contributed by atoms with van der Waals surface area (Å²) < 4.78 is 33.6. The topological polar surface area (TPSA) is 93.6 Å². The number of aromatic nitrogens is 4. The first-order valence-corrected chi connectivity index (χ1v) is 10.1. The van der Waals surface area contributed by atoms with E-state index < -0.39 is 10.0 Å². The molecule has 0 aliphatic carbocycles. The van der Waals surface area contributed by atoms with E-state index in [2.05, 4.69) is 15.1 Å². The minimum absolute atomic E-state index is 0.106. The van der Waals surface area contributed by atoms with Crippen LogP contribution in [0.15, 0.2) is 28.0 Å². The Kier molecular flexibility index (Phi) is 4.28. The van der Waals surface area contributed by atoms with Crippen molar-refractivity contribution in [3.63, 3.8) is 0 Å². The maximum Gasteiger partial charge on any atom is 0.278 e. The second-order valence-electron chi connectivity index (χ2n) is 6.42. The van der Waals surface area contributed by atoms with Gasteiger partial charge in [-0.15, -0.1) is 0 Å². The van der Waals surface area contributed by atoms with Crippen LogP contribution in [-0.2, 0) is 10.0 Å². The number of hydrogen-bond donors (Lipinski definition) is 0. The first-order valence-electron chi connectivity index (χ1n) is 8.29. The highest BCUT2D eigenvalue weighted by atomic mass is 35.5. The predicted molar refractivity (Wildman–Crippen MR) is 98.1 cm³/mol. The smallest absolute Gasteiger partial charge is 0.278 e. The van der Waals surface area contributed by atoms with Gasteiger partial charge in [-0.2, -0.15) is 9.40 Å². The summed E-state index contributed by atoms with van der Waals surface area (Å²) in [6, 6.07) is 1.80. The number of halogens is 1. The first-order chi connectivity index (χ1) is 12.3. The van der Waals surface area contributed by atoms with Gasteiger partial charge in [-0.05, 0) is 24.3 Å². The number of nitrogens with zero attached hydrogens (tertiary/aromatic N) is 5. The minimum Gasteiger partial charge on any atom is -0.428 e. The number of aryl methyl sites for hydroxylation is 1. The standard InChI is InChI=1S/C15H17BClN5O3S/c1-9-18-7-14(25-9)26(23,24)21-4-2-10(3-5-21)11-8-22-13(6-12(11)17)19-15(16)20-22/h6-8,10H,2-5,16H2,1H3. The molecule has 0 bridgehead atoms. The molecule has 0 amide bonds. The van der Waals surface area contributed by atoms with Gasteiger partial charge < -0.3 is 4.42 Å². The molecular weight excluding hydrogens is 377 g/mol. The molecule has 3 aromatic heterocycles. The van der Waals surface area contributed by atoms with E-state index >= 15 is 0 Å². The SMILES string of the molecule is Bc1nc2cc(Cl)c(C3CCN(S(=O)(=O)c4cnc(C)o4)CC3)cn2n1. The lowest BCUT2D eigenvalue weighted by Crippen LogP contribution is -2.37. The van der Waals surface area contributed by atoms with Gasteiger partial charge in [-0.25, -0.2) is 22.9 Å². The number of hydrogen-bond acceptors (Lipinski definition) is 6. The maximum absolute atomic E-state index is 12.6. The van der Waals surface area contributed by atoms with Gasteiger partial charge in [0.15, 0.2) is 19.4 Å². The summed E-state index contributed by atoms with van der Waals surface area (Å²) in [5.41, 5.74) is 2.36. The fourth-order valence-electron chi connectivity index (χ4n) is 3.33. The Morgan fingerprint density at radius 2 is 2.08 bits per heavy atom. The molecule has 1 saturated heterocycles. The third kappa shape index (κ3) is 3.02. The fraction of sp³-hybridized carbons (Fsp3) is 0.400. The summed E-state index contributed by atoms with van der Waals surface area (Å²) >= 11 is 6.43. The summed E-state index contributed by atoms with van der Waals surface area (Å²) in [6.45, 7) is 2.42. The molecule has 0 unspecified atom stereocenters. The summed E-state index contributed by atoms with van der Waals surface area (Å²) in [4.78, 5) is 8.18. The molecule has 136 valence electrons. The Balaban J connectivity index is 1.54. The van der Waals surface area contributed by atoms with Gasteiger partial charge in [-0.1, -0.05) is 11.6 Å². The van der Waals surface area contributed by atoms with E-state index in [1.807, 2.05) is 14.0 Å². The van der Waals surface area contributed by atoms with Crippen molar-refractivity contribution in [2.75, 3.05) is 13.1 Å². The lowest BCUT2D eigenvalue weighted by Gasteiger charge is -2.30. The predicted octanol–water partition coefficient (Wildman–Crippen LogP) is 0.506. The molecule has 26 heavy (non-hydrogen) atoms. The Morgan fingerprint density at radius 3 is 2.73 bits per heavy atom. The van der Waals surface area contributed by atoms with Crippen LogP contribution in [0.1, 0.15) is 30.2 Å². The molecule has 0 atom stereocenters. The molecule has 4 rings (SSSR count). The second-order valence-corrected chi connectivity index (χ2v) is 8.69. The van der Waals surface area contributed by atoms with Crippen LogP contribution >= 0.6 is 11.6 Å². The number of rotatable bonds is 3. The van der Waals surface area contributed by atoms with E-state index in [0.717, 1.165) is 5.56 Å². The average molecular weight is 394 g/mol. The van der Waals surface area contributed by atoms with Crippen LogP contribution in [0.25, 0.3) is 5.65 Å². The van der Waals surface area contributed by atoms with Crippen LogP contribution in [0.2, 0.25) is 5.02 Å². The summed E-state index contributed by atoms with van der Waals surface area (Å²) in [5.74, 6) is 0.501. The molecule has 0 spiro atoms. The van der Waals surface area contributed by atoms with Gasteiger partial charge in [0, 0.05) is 37.3 Å². The van der Waals surface area contributed by atoms with Crippen molar-refractivity contribution in [1.29, 1.82) is 0 Å². The Morgan fingerprint density at radius 1 is 1.35 bits per heavy atom. The van der Waals surface area contributed by atoms with E-state index in [-0.39, 0.29) is 11.0 Å². The van der Waals surface area contributed by atoms with Crippen molar-refractivity contribution < 1.29 is 12.8 Å². The minimum atomic E-state index is -3.64. The van der Waals surface area contributed by atoms with Crippen LogP contribution in [0.3, 0.4) is 0 Å². The normalized spacial score (nSPS) is 17.2. The monoisotopic (exact) mass is 393 g/mol. The average Bonchev–Trinajstić information content (AvgIpc) is 3.19. The number of pyridine rings is 1. The molecule has 0 aromatic carbocycles. The Bertz CT molecular complexity index is 1070. The van der Waals surface area contributed by atoms with Crippen LogP contribution in [-0.4, -0.2) is 53.2 Å². The summed E-state index contributed by atoms with van der Waals surface area (Å²) in [6.07, 6.45) is 4.50. The van der Waals surface area contributed by atoms with Crippen LogP contribution in [0, 0.1) is 6.92 Å². The van der Waals surface area contributed by atoms with E-state index in [4.69, 9.17) is 16.0 Å². The number of oxazole rings is 1. The molecule has 0 N–H and O–H groups in total. The zero-order valence-electron chi connectivity index (χ0n) is 14.4. The fourth-order valence-corrected chi connectivity index (χ4v) is 4.98. The van der Waals surface area contributed by atoms with E-state index in [9.17, 15) is 8.42 Å². The molecule has 1 fully saturated rings. The maximum atomic E-state index is 12.6. The van der Waals surface area contributed by atoms with Gasteiger partial charge in [0.1, 0.15) is 5.72 Å². The van der Waals surface area contributed by atoms with Crippen molar-refractivity contribution in [2.24, 2.45) is 0 Å². The third-order valence-electron chi connectivity index (χ3n) is 4.64. The highest BCUT2D eigenvalue weighted by molar-refractivity contribution is 7.89. The van der Waals surface area contributed by atoms with Crippen molar-refractivity contribution in [2.45, 2.75) is 30.8 Å². The third-order valence-corrected chi connectivity index (χ3v) is 6.71. The number of fused-ring (bicyclic) bond motifs is 1. The van der Waals surface area contributed by atoms with Crippen LogP contribution in [0.5, 0.6) is 0 Å². The van der Waals surface area contributed by atoms with Crippen LogP contribution in [0.4, 0.5) is 0 Å². The van der Waals surface area contributed by atoms with Crippen LogP contribution < -0.4 is 5.72 Å². The van der Waals surface area contributed by atoms with Crippen molar-refractivity contribution in [3.8, 4) is 0 Å². The molecule has 0 radical (unpaired) electrons. The molecule has 1 aliphatic rings. The zero-order valence-corrected chi connectivity index (χ0v) is 16.0. The Hall–Kier alpha value is -1.91. The summed E-state index contributed by atoms with van der Waals surface area (Å²) in [5, 5.41) is 4.86. The Labute approximate surface area is 156 Å². The lowest BCUT2D eigenvalue weighted by molar-refractivity contribution is 0.307. The van der Waals surface area contributed by atoms with Crippen molar-refractivity contribution in [3.05, 3.63) is 34.9 Å². The van der Waals surface area contributed by atoms with E-state index in [1.54, 1.807) is 17.5 Å². The summed E-state index contributed by atoms with van der Waals surface area (Å²) in [7, 11) is -1.82. The first kappa shape index (κ1) is 17.5. The molecule has 11 heteroatoms. The largest absolute Gasteiger partial charge is 0.428 e. The molecule has 0 saturated carbocycles. The molecule has 4 heterocycles. The lowest BCUT2D eigenvalue weighted by atomic mass is 9.91. The van der Waals surface area contributed by atoms with Gasteiger partial charge in [0.25, 0.3) is 15.1 Å². The second kappa shape index (κ2) is 6.36. The number of sulfonamides is 1. The zero-order chi connectivity index (χ0) is 18.5. The van der Waals surface area contributed by atoms with Gasteiger partial charge in [0.2, 0.25) is 0 Å². The van der Waals surface area contributed by atoms with Gasteiger partial charge >= 0.3 is 0 Å². The van der Waals surface area contributed by atoms with Gasteiger partial charge in [-0.3, -0.25) is 0 Å².